The van der Waals surface area contributed by atoms with Crippen molar-refractivity contribution in [1.82, 2.24) is 4.98 Å². The van der Waals surface area contributed by atoms with E-state index in [0.29, 0.717) is 28.7 Å². The first-order valence-electron chi connectivity index (χ1n) is 6.81. The van der Waals surface area contributed by atoms with Crippen LogP contribution in [-0.2, 0) is 0 Å². The summed E-state index contributed by atoms with van der Waals surface area (Å²) in [4.78, 5) is 4.24. The number of phenols is 1. The molecule has 3 aromatic rings. The summed E-state index contributed by atoms with van der Waals surface area (Å²) in [5.74, 6) is 0.541. The summed E-state index contributed by atoms with van der Waals surface area (Å²) in [5.41, 5.74) is 4.83. The van der Waals surface area contributed by atoms with Crippen LogP contribution in [0.3, 0.4) is 0 Å². The maximum absolute atomic E-state index is 9.86. The number of phenolic OH excluding ortho intramolecular Hbond substituents is 1. The summed E-state index contributed by atoms with van der Waals surface area (Å²) in [6.07, 6.45) is 1.54. The zero-order chi connectivity index (χ0) is 16.2. The molecule has 0 spiro atoms. The molecule has 1 heterocycles. The highest BCUT2D eigenvalue weighted by Gasteiger charge is 2.10. The number of oxazole rings is 1. The fourth-order valence-electron chi connectivity index (χ4n) is 2.07. The number of hydrogen-bond acceptors (Lipinski definition) is 7. The first-order valence-corrected chi connectivity index (χ1v) is 6.81. The minimum absolute atomic E-state index is 0.0564. The monoisotopic (exact) mass is 313 g/mol. The first kappa shape index (κ1) is 14.7. The molecule has 118 valence electrons. The minimum atomic E-state index is -0.0564. The summed E-state index contributed by atoms with van der Waals surface area (Å²) < 4.78 is 15.7. The molecule has 2 aromatic carbocycles. The number of rotatable bonds is 5. The largest absolute Gasteiger partial charge is 0.502 e. The fourth-order valence-corrected chi connectivity index (χ4v) is 2.07. The summed E-state index contributed by atoms with van der Waals surface area (Å²) in [6.45, 7) is 0. The van der Waals surface area contributed by atoms with Crippen LogP contribution in [0.5, 0.6) is 17.2 Å². The molecule has 1 aromatic heterocycles. The zero-order valence-corrected chi connectivity index (χ0v) is 12.6. The number of hydrogen-bond donors (Lipinski definition) is 2. The van der Waals surface area contributed by atoms with Gasteiger partial charge in [0.1, 0.15) is 5.52 Å². The molecule has 0 unspecified atom stereocenters. The lowest BCUT2D eigenvalue weighted by Crippen LogP contribution is -1.94. The SMILES string of the molecule is COc1cc(/C=N/Nc2nc3ccccc3o2)cc(OC)c1O. The van der Waals surface area contributed by atoms with E-state index < -0.39 is 0 Å². The Balaban J connectivity index is 1.79. The molecule has 7 nitrogen and oxygen atoms in total. The van der Waals surface area contributed by atoms with Crippen molar-refractivity contribution in [3.05, 3.63) is 42.0 Å². The summed E-state index contributed by atoms with van der Waals surface area (Å²) in [7, 11) is 2.93. The van der Waals surface area contributed by atoms with E-state index in [1.165, 1.54) is 14.2 Å². The third kappa shape index (κ3) is 3.03. The quantitative estimate of drug-likeness (QED) is 0.556. The van der Waals surface area contributed by atoms with Gasteiger partial charge in [0.25, 0.3) is 0 Å². The van der Waals surface area contributed by atoms with Crippen LogP contribution in [0.15, 0.2) is 45.9 Å². The Morgan fingerprint density at radius 2 is 1.87 bits per heavy atom. The molecule has 0 fully saturated rings. The van der Waals surface area contributed by atoms with Crippen LogP contribution in [0.4, 0.5) is 6.01 Å². The topological polar surface area (TPSA) is 89.1 Å². The second kappa shape index (κ2) is 6.27. The number of methoxy groups -OCH3 is 2. The number of ether oxygens (including phenoxy) is 2. The van der Waals surface area contributed by atoms with E-state index >= 15 is 0 Å². The first-order chi connectivity index (χ1) is 11.2. The Hall–Kier alpha value is -3.22. The van der Waals surface area contributed by atoms with E-state index in [2.05, 4.69) is 15.5 Å². The van der Waals surface area contributed by atoms with Crippen molar-refractivity contribution in [2.75, 3.05) is 19.6 Å². The molecule has 0 aliphatic carbocycles. The number of nitrogens with zero attached hydrogens (tertiary/aromatic N) is 2. The molecule has 3 rings (SSSR count). The Kier molecular flexibility index (Phi) is 4.01. The number of fused-ring (bicyclic) bond motifs is 1. The molecule has 7 heteroatoms. The molecular weight excluding hydrogens is 298 g/mol. The van der Waals surface area contributed by atoms with E-state index in [-0.39, 0.29) is 5.75 Å². The average Bonchev–Trinajstić information content (AvgIpc) is 2.98. The number of aromatic hydroxyl groups is 1. The Morgan fingerprint density at radius 3 is 2.52 bits per heavy atom. The van der Waals surface area contributed by atoms with Gasteiger partial charge in [-0.05, 0) is 24.3 Å². The second-order valence-corrected chi connectivity index (χ2v) is 4.63. The highest BCUT2D eigenvalue weighted by molar-refractivity contribution is 5.83. The van der Waals surface area contributed by atoms with Gasteiger partial charge in [0.15, 0.2) is 17.1 Å². The third-order valence-electron chi connectivity index (χ3n) is 3.17. The van der Waals surface area contributed by atoms with Gasteiger partial charge in [0, 0.05) is 5.56 Å². The molecule has 0 atom stereocenters. The van der Waals surface area contributed by atoms with Crippen LogP contribution in [-0.4, -0.2) is 30.5 Å². The van der Waals surface area contributed by atoms with E-state index in [9.17, 15) is 5.11 Å². The lowest BCUT2D eigenvalue weighted by atomic mass is 10.2. The Bertz CT molecular complexity index is 799. The Morgan fingerprint density at radius 1 is 1.17 bits per heavy atom. The minimum Gasteiger partial charge on any atom is -0.502 e. The van der Waals surface area contributed by atoms with Gasteiger partial charge in [-0.3, -0.25) is 0 Å². The third-order valence-corrected chi connectivity index (χ3v) is 3.17. The molecule has 0 aliphatic heterocycles. The molecule has 0 aliphatic rings. The normalized spacial score (nSPS) is 11.0. The molecule has 0 saturated heterocycles. The number of benzene rings is 2. The number of hydrazone groups is 1. The molecule has 0 saturated carbocycles. The summed E-state index contributed by atoms with van der Waals surface area (Å²) >= 11 is 0. The standard InChI is InChI=1S/C16H15N3O4/c1-21-13-7-10(8-14(22-2)15(13)20)9-17-19-16-18-11-5-3-4-6-12(11)23-16/h3-9,20H,1-2H3,(H,18,19)/b17-9+. The molecule has 0 amide bonds. The summed E-state index contributed by atoms with van der Waals surface area (Å²) in [5, 5.41) is 13.9. The number of para-hydroxylation sites is 2. The smallest absolute Gasteiger partial charge is 0.316 e. The number of anilines is 1. The average molecular weight is 313 g/mol. The van der Waals surface area contributed by atoms with Crippen molar-refractivity contribution >= 4 is 23.3 Å². The van der Waals surface area contributed by atoms with Crippen molar-refractivity contribution < 1.29 is 19.0 Å². The Labute approximate surface area is 132 Å². The number of nitrogens with one attached hydrogen (secondary N) is 1. The number of aromatic nitrogens is 1. The van der Waals surface area contributed by atoms with Gasteiger partial charge < -0.3 is 19.0 Å². The van der Waals surface area contributed by atoms with Crippen LogP contribution in [0.25, 0.3) is 11.1 Å². The zero-order valence-electron chi connectivity index (χ0n) is 12.6. The van der Waals surface area contributed by atoms with Crippen molar-refractivity contribution in [3.63, 3.8) is 0 Å². The van der Waals surface area contributed by atoms with Crippen molar-refractivity contribution in [1.29, 1.82) is 0 Å². The highest BCUT2D eigenvalue weighted by Crippen LogP contribution is 2.36. The molecule has 0 bridgehead atoms. The second-order valence-electron chi connectivity index (χ2n) is 4.63. The van der Waals surface area contributed by atoms with Gasteiger partial charge in [0.2, 0.25) is 5.75 Å². The van der Waals surface area contributed by atoms with E-state index in [1.807, 2.05) is 24.3 Å². The fraction of sp³-hybridized carbons (Fsp3) is 0.125. The van der Waals surface area contributed by atoms with Crippen LogP contribution in [0.2, 0.25) is 0 Å². The molecule has 23 heavy (non-hydrogen) atoms. The van der Waals surface area contributed by atoms with E-state index in [1.54, 1.807) is 18.3 Å². The van der Waals surface area contributed by atoms with Crippen LogP contribution >= 0.6 is 0 Å². The van der Waals surface area contributed by atoms with Crippen molar-refractivity contribution in [2.45, 2.75) is 0 Å². The van der Waals surface area contributed by atoms with Gasteiger partial charge in [-0.1, -0.05) is 12.1 Å². The van der Waals surface area contributed by atoms with E-state index in [0.717, 1.165) is 5.52 Å². The highest BCUT2D eigenvalue weighted by atomic mass is 16.5. The maximum atomic E-state index is 9.86. The molecule has 2 N–H and O–H groups in total. The van der Waals surface area contributed by atoms with Crippen molar-refractivity contribution in [3.8, 4) is 17.2 Å². The molecule has 0 radical (unpaired) electrons. The predicted octanol–water partition coefficient (Wildman–Crippen LogP) is 3.00. The predicted molar refractivity (Wildman–Crippen MR) is 86.4 cm³/mol. The van der Waals surface area contributed by atoms with Crippen LogP contribution in [0, 0.1) is 0 Å². The summed E-state index contributed by atoms with van der Waals surface area (Å²) in [6, 6.07) is 11.0. The van der Waals surface area contributed by atoms with Crippen molar-refractivity contribution in [2.24, 2.45) is 5.10 Å². The van der Waals surface area contributed by atoms with Crippen LogP contribution in [0.1, 0.15) is 5.56 Å². The van der Waals surface area contributed by atoms with Gasteiger partial charge in [-0.15, -0.1) is 0 Å². The van der Waals surface area contributed by atoms with Gasteiger partial charge in [-0.25, -0.2) is 5.43 Å². The van der Waals surface area contributed by atoms with Crippen LogP contribution < -0.4 is 14.9 Å². The molecular formula is C16H15N3O4. The van der Waals surface area contributed by atoms with E-state index in [4.69, 9.17) is 13.9 Å². The maximum Gasteiger partial charge on any atom is 0.316 e. The lowest BCUT2D eigenvalue weighted by molar-refractivity contribution is 0.340. The van der Waals surface area contributed by atoms with Gasteiger partial charge in [0.05, 0.1) is 20.4 Å². The van der Waals surface area contributed by atoms with Gasteiger partial charge in [-0.2, -0.15) is 10.1 Å². The van der Waals surface area contributed by atoms with Gasteiger partial charge >= 0.3 is 6.01 Å². The lowest BCUT2D eigenvalue weighted by Gasteiger charge is -2.09.